The van der Waals surface area contributed by atoms with E-state index in [1.165, 1.54) is 27.4 Å². The SMILES string of the molecule is O=C(c1ccccc1F)N1CCCC(S(=O)(=O)N2CCOCC2)C1. The maximum absolute atomic E-state index is 13.8. The van der Waals surface area contributed by atoms with Crippen molar-refractivity contribution in [3.8, 4) is 0 Å². The van der Waals surface area contributed by atoms with Crippen LogP contribution in [0, 0.1) is 5.82 Å². The van der Waals surface area contributed by atoms with Crippen molar-refractivity contribution < 1.29 is 22.3 Å². The molecule has 0 spiro atoms. The first-order valence-corrected chi connectivity index (χ1v) is 9.61. The van der Waals surface area contributed by atoms with Crippen LogP contribution in [0.5, 0.6) is 0 Å². The molecule has 1 aromatic carbocycles. The lowest BCUT2D eigenvalue weighted by atomic mass is 10.1. The smallest absolute Gasteiger partial charge is 0.256 e. The van der Waals surface area contributed by atoms with Gasteiger partial charge >= 0.3 is 0 Å². The maximum atomic E-state index is 13.8. The lowest BCUT2D eigenvalue weighted by Crippen LogP contribution is -2.51. The second kappa shape index (κ2) is 7.16. The van der Waals surface area contributed by atoms with Gasteiger partial charge in [-0.15, -0.1) is 0 Å². The molecule has 24 heavy (non-hydrogen) atoms. The van der Waals surface area contributed by atoms with Gasteiger partial charge in [-0.05, 0) is 25.0 Å². The van der Waals surface area contributed by atoms with Crippen molar-refractivity contribution in [2.45, 2.75) is 18.1 Å². The van der Waals surface area contributed by atoms with E-state index in [4.69, 9.17) is 4.74 Å². The first-order chi connectivity index (χ1) is 11.5. The zero-order chi connectivity index (χ0) is 17.2. The van der Waals surface area contributed by atoms with Gasteiger partial charge in [0.05, 0.1) is 24.0 Å². The average Bonchev–Trinajstić information content (AvgIpc) is 2.62. The largest absolute Gasteiger partial charge is 0.379 e. The van der Waals surface area contributed by atoms with Crippen LogP contribution in [0.25, 0.3) is 0 Å². The quantitative estimate of drug-likeness (QED) is 0.813. The summed E-state index contributed by atoms with van der Waals surface area (Å²) in [5.74, 6) is -1.03. The highest BCUT2D eigenvalue weighted by Crippen LogP contribution is 2.23. The molecule has 1 unspecified atom stereocenters. The molecule has 2 fully saturated rings. The number of nitrogens with zero attached hydrogens (tertiary/aromatic N) is 2. The van der Waals surface area contributed by atoms with Gasteiger partial charge in [-0.1, -0.05) is 12.1 Å². The second-order valence-corrected chi connectivity index (χ2v) is 8.26. The number of hydrogen-bond acceptors (Lipinski definition) is 4. The van der Waals surface area contributed by atoms with Crippen molar-refractivity contribution >= 4 is 15.9 Å². The summed E-state index contributed by atoms with van der Waals surface area (Å²) in [6.07, 6.45) is 1.11. The fourth-order valence-electron chi connectivity index (χ4n) is 3.18. The molecule has 2 aliphatic heterocycles. The molecule has 0 radical (unpaired) electrons. The van der Waals surface area contributed by atoms with Gasteiger partial charge < -0.3 is 9.64 Å². The molecule has 0 aliphatic carbocycles. The molecular weight excluding hydrogens is 335 g/mol. The lowest BCUT2D eigenvalue weighted by Gasteiger charge is -2.36. The minimum atomic E-state index is -3.48. The van der Waals surface area contributed by atoms with Crippen molar-refractivity contribution in [1.82, 2.24) is 9.21 Å². The molecule has 2 heterocycles. The van der Waals surface area contributed by atoms with Gasteiger partial charge in [0.15, 0.2) is 0 Å². The van der Waals surface area contributed by atoms with E-state index in [9.17, 15) is 17.6 Å². The van der Waals surface area contributed by atoms with Gasteiger partial charge in [0.1, 0.15) is 5.82 Å². The van der Waals surface area contributed by atoms with E-state index >= 15 is 0 Å². The van der Waals surface area contributed by atoms with Crippen LogP contribution in [0.1, 0.15) is 23.2 Å². The number of carbonyl (C=O) groups excluding carboxylic acids is 1. The predicted octanol–water partition coefficient (Wildman–Crippen LogP) is 1.09. The van der Waals surface area contributed by atoms with E-state index in [0.29, 0.717) is 45.7 Å². The Balaban J connectivity index is 1.74. The van der Waals surface area contributed by atoms with Gasteiger partial charge in [-0.2, -0.15) is 4.31 Å². The van der Waals surface area contributed by atoms with Gasteiger partial charge in [-0.3, -0.25) is 4.79 Å². The summed E-state index contributed by atoms with van der Waals surface area (Å²) in [5, 5.41) is -0.639. The Bertz CT molecular complexity index is 704. The zero-order valence-corrected chi connectivity index (χ0v) is 14.2. The van der Waals surface area contributed by atoms with Crippen LogP contribution >= 0.6 is 0 Å². The topological polar surface area (TPSA) is 66.9 Å². The molecular formula is C16H21FN2O4S. The van der Waals surface area contributed by atoms with Crippen molar-refractivity contribution in [2.24, 2.45) is 0 Å². The van der Waals surface area contributed by atoms with E-state index in [1.807, 2.05) is 0 Å². The highest BCUT2D eigenvalue weighted by atomic mass is 32.2. The highest BCUT2D eigenvalue weighted by Gasteiger charge is 2.37. The second-order valence-electron chi connectivity index (χ2n) is 6.05. The van der Waals surface area contributed by atoms with E-state index in [-0.39, 0.29) is 12.1 Å². The molecule has 1 amide bonds. The predicted molar refractivity (Wildman–Crippen MR) is 86.6 cm³/mol. The van der Waals surface area contributed by atoms with Crippen molar-refractivity contribution in [3.63, 3.8) is 0 Å². The van der Waals surface area contributed by atoms with E-state index in [0.717, 1.165) is 0 Å². The van der Waals surface area contributed by atoms with Gasteiger partial charge in [0.2, 0.25) is 10.0 Å². The third-order valence-corrected chi connectivity index (χ3v) is 6.83. The molecule has 8 heteroatoms. The van der Waals surface area contributed by atoms with Crippen LogP contribution in [0.4, 0.5) is 4.39 Å². The number of hydrogen-bond donors (Lipinski definition) is 0. The number of ether oxygens (including phenoxy) is 1. The molecule has 0 bridgehead atoms. The van der Waals surface area contributed by atoms with E-state index in [2.05, 4.69) is 0 Å². The first kappa shape index (κ1) is 17.3. The number of morpholine rings is 1. The molecule has 0 N–H and O–H groups in total. The summed E-state index contributed by atoms with van der Waals surface area (Å²) in [6, 6.07) is 5.78. The van der Waals surface area contributed by atoms with Crippen molar-refractivity contribution in [2.75, 3.05) is 39.4 Å². The summed E-state index contributed by atoms with van der Waals surface area (Å²) < 4.78 is 46.0. The summed E-state index contributed by atoms with van der Waals surface area (Å²) in [5.41, 5.74) is -0.0121. The van der Waals surface area contributed by atoms with Gasteiger partial charge in [0, 0.05) is 26.2 Å². The Morgan fingerprint density at radius 2 is 1.88 bits per heavy atom. The molecule has 132 valence electrons. The van der Waals surface area contributed by atoms with Gasteiger partial charge in [-0.25, -0.2) is 12.8 Å². The highest BCUT2D eigenvalue weighted by molar-refractivity contribution is 7.89. The molecule has 2 aliphatic rings. The molecule has 2 saturated heterocycles. The Morgan fingerprint density at radius 3 is 2.58 bits per heavy atom. The number of amides is 1. The fraction of sp³-hybridized carbons (Fsp3) is 0.562. The third kappa shape index (κ3) is 3.45. The average molecular weight is 356 g/mol. The van der Waals surface area contributed by atoms with Crippen LogP contribution < -0.4 is 0 Å². The van der Waals surface area contributed by atoms with Crippen LogP contribution in [0.2, 0.25) is 0 Å². The normalized spacial score (nSPS) is 23.2. The lowest BCUT2D eigenvalue weighted by molar-refractivity contribution is 0.0683. The van der Waals surface area contributed by atoms with Gasteiger partial charge in [0.25, 0.3) is 5.91 Å². The summed E-state index contributed by atoms with van der Waals surface area (Å²) in [6.45, 7) is 2.03. The van der Waals surface area contributed by atoms with Crippen molar-refractivity contribution in [1.29, 1.82) is 0 Å². The summed E-state index contributed by atoms with van der Waals surface area (Å²) in [7, 11) is -3.48. The third-order valence-electron chi connectivity index (χ3n) is 4.52. The molecule has 1 aromatic rings. The van der Waals surface area contributed by atoms with E-state index in [1.54, 1.807) is 6.07 Å². The summed E-state index contributed by atoms with van der Waals surface area (Å²) in [4.78, 5) is 14.0. The van der Waals surface area contributed by atoms with Crippen LogP contribution in [0.15, 0.2) is 24.3 Å². The molecule has 0 aromatic heterocycles. The number of rotatable bonds is 3. The number of benzene rings is 1. The monoisotopic (exact) mass is 356 g/mol. The Labute approximate surface area is 141 Å². The standard InChI is InChI=1S/C16H21FN2O4S/c17-15-6-2-1-5-14(15)16(20)18-7-3-4-13(12-18)24(21,22)19-8-10-23-11-9-19/h1-2,5-6,13H,3-4,7-12H2. The number of carbonyl (C=O) groups is 1. The van der Waals surface area contributed by atoms with Crippen LogP contribution in [0.3, 0.4) is 0 Å². The van der Waals surface area contributed by atoms with E-state index < -0.39 is 27.0 Å². The minimum absolute atomic E-state index is 0.0121. The number of halogens is 1. The molecule has 6 nitrogen and oxygen atoms in total. The first-order valence-electron chi connectivity index (χ1n) is 8.10. The molecule has 0 saturated carbocycles. The fourth-order valence-corrected chi connectivity index (χ4v) is 5.10. The van der Waals surface area contributed by atoms with Crippen LogP contribution in [-0.2, 0) is 14.8 Å². The van der Waals surface area contributed by atoms with Crippen LogP contribution in [-0.4, -0.2) is 68.2 Å². The number of piperidine rings is 1. The minimum Gasteiger partial charge on any atom is -0.379 e. The maximum Gasteiger partial charge on any atom is 0.256 e. The molecule has 3 rings (SSSR count). The Kier molecular flexibility index (Phi) is 5.17. The number of likely N-dealkylation sites (tertiary alicyclic amines) is 1. The summed E-state index contributed by atoms with van der Waals surface area (Å²) >= 11 is 0. The number of sulfonamides is 1. The zero-order valence-electron chi connectivity index (χ0n) is 13.4. The Morgan fingerprint density at radius 1 is 1.17 bits per heavy atom. The molecule has 1 atom stereocenters. The van der Waals surface area contributed by atoms with Crippen molar-refractivity contribution in [3.05, 3.63) is 35.6 Å². The Hall–Kier alpha value is -1.51.